The van der Waals surface area contributed by atoms with E-state index >= 15 is 0 Å². The average molecular weight is 316 g/mol. The van der Waals surface area contributed by atoms with Crippen LogP contribution in [0.1, 0.15) is 30.6 Å². The van der Waals surface area contributed by atoms with Crippen LogP contribution in [0.15, 0.2) is 17.0 Å². The Morgan fingerprint density at radius 3 is 2.48 bits per heavy atom. The van der Waals surface area contributed by atoms with E-state index in [4.69, 9.17) is 9.88 Å². The number of halogens is 1. The fourth-order valence-corrected chi connectivity index (χ4v) is 2.79. The van der Waals surface area contributed by atoms with Gasteiger partial charge in [0, 0.05) is 11.6 Å². The van der Waals surface area contributed by atoms with Crippen LogP contribution in [-0.2, 0) is 10.0 Å². The monoisotopic (exact) mass is 316 g/mol. The topological polar surface area (TPSA) is 98.5 Å². The van der Waals surface area contributed by atoms with Gasteiger partial charge in [-0.1, -0.05) is 13.8 Å². The Kier molecular flexibility index (Phi) is 3.71. The maximum Gasteiger partial charge on any atom is 0.251 e. The highest BCUT2D eigenvalue weighted by molar-refractivity contribution is 7.89. The lowest BCUT2D eigenvalue weighted by atomic mass is 10.1. The lowest BCUT2D eigenvalue weighted by molar-refractivity contribution is 0.0945. The number of primary sulfonamides is 1. The summed E-state index contributed by atoms with van der Waals surface area (Å²) in [6, 6.07) is 1.94. The van der Waals surface area contributed by atoms with Crippen LogP contribution in [0.25, 0.3) is 0 Å². The van der Waals surface area contributed by atoms with Gasteiger partial charge < -0.3 is 10.1 Å². The van der Waals surface area contributed by atoms with Crippen molar-refractivity contribution in [2.24, 2.45) is 10.6 Å². The smallest absolute Gasteiger partial charge is 0.251 e. The van der Waals surface area contributed by atoms with Gasteiger partial charge in [-0.3, -0.25) is 4.79 Å². The first-order valence-electron chi connectivity index (χ1n) is 6.27. The number of methoxy groups -OCH3 is 1. The van der Waals surface area contributed by atoms with Crippen LogP contribution in [0.3, 0.4) is 0 Å². The fourth-order valence-electron chi connectivity index (χ4n) is 2.06. The van der Waals surface area contributed by atoms with Crippen LogP contribution < -0.4 is 15.2 Å². The number of hydrogen-bond donors (Lipinski definition) is 2. The summed E-state index contributed by atoms with van der Waals surface area (Å²) in [6.07, 6.45) is 0.819. The number of ether oxygens (including phenoxy) is 1. The summed E-state index contributed by atoms with van der Waals surface area (Å²) in [5, 5.41) is 7.74. The maximum absolute atomic E-state index is 13.9. The number of sulfonamides is 1. The van der Waals surface area contributed by atoms with Crippen molar-refractivity contribution in [1.29, 1.82) is 0 Å². The average Bonchev–Trinajstić information content (AvgIpc) is 2.94. The zero-order valence-electron chi connectivity index (χ0n) is 11.9. The fraction of sp³-hybridized carbons (Fsp3) is 0.462. The van der Waals surface area contributed by atoms with Crippen LogP contribution in [0.2, 0.25) is 0 Å². The lowest BCUT2D eigenvalue weighted by Gasteiger charge is -2.11. The predicted molar refractivity (Wildman–Crippen MR) is 74.0 cm³/mol. The standard InChI is InChI=1S/C13H17FN2O4S/c1-13(2)6-10(13)16-12(17)7-4-8(14)11(20-3)9(5-7)21(15,18)19/h4-5,10H,6H2,1-3H3,(H,16,17)(H2,15,18,19). The molecule has 116 valence electrons. The van der Waals surface area contributed by atoms with Gasteiger partial charge in [0.15, 0.2) is 11.6 Å². The molecule has 0 saturated heterocycles. The predicted octanol–water partition coefficient (Wildman–Crippen LogP) is 1.01. The summed E-state index contributed by atoms with van der Waals surface area (Å²) < 4.78 is 41.5. The van der Waals surface area contributed by atoms with E-state index in [-0.39, 0.29) is 17.0 Å². The van der Waals surface area contributed by atoms with Gasteiger partial charge in [-0.15, -0.1) is 0 Å². The van der Waals surface area contributed by atoms with E-state index in [9.17, 15) is 17.6 Å². The second-order valence-electron chi connectivity index (χ2n) is 5.75. The molecule has 0 radical (unpaired) electrons. The van der Waals surface area contributed by atoms with Gasteiger partial charge in [-0.2, -0.15) is 0 Å². The highest BCUT2D eigenvalue weighted by atomic mass is 32.2. The third-order valence-electron chi connectivity index (χ3n) is 3.60. The molecule has 1 unspecified atom stereocenters. The first kappa shape index (κ1) is 15.7. The van der Waals surface area contributed by atoms with E-state index in [1.54, 1.807) is 0 Å². The molecule has 3 N–H and O–H groups in total. The second kappa shape index (κ2) is 4.96. The Bertz CT molecular complexity index is 700. The molecule has 0 bridgehead atoms. The van der Waals surface area contributed by atoms with E-state index in [1.807, 2.05) is 13.8 Å². The van der Waals surface area contributed by atoms with E-state index in [0.717, 1.165) is 25.7 Å². The van der Waals surface area contributed by atoms with Crippen molar-refractivity contribution in [3.05, 3.63) is 23.5 Å². The highest BCUT2D eigenvalue weighted by Crippen LogP contribution is 2.44. The van der Waals surface area contributed by atoms with Crippen LogP contribution in [0, 0.1) is 11.2 Å². The van der Waals surface area contributed by atoms with E-state index in [0.29, 0.717) is 0 Å². The zero-order valence-corrected chi connectivity index (χ0v) is 12.8. The molecule has 2 rings (SSSR count). The Morgan fingerprint density at radius 2 is 2.05 bits per heavy atom. The SMILES string of the molecule is COc1c(F)cc(C(=O)NC2CC2(C)C)cc1S(N)(=O)=O. The van der Waals surface area contributed by atoms with Crippen molar-refractivity contribution >= 4 is 15.9 Å². The number of carbonyl (C=O) groups is 1. The molecule has 0 aromatic heterocycles. The summed E-state index contributed by atoms with van der Waals surface area (Å²) in [6.45, 7) is 3.98. The van der Waals surface area contributed by atoms with Crippen LogP contribution in [-0.4, -0.2) is 27.5 Å². The van der Waals surface area contributed by atoms with E-state index < -0.39 is 32.4 Å². The molecule has 0 heterocycles. The third-order valence-corrected chi connectivity index (χ3v) is 4.52. The summed E-state index contributed by atoms with van der Waals surface area (Å²) in [7, 11) is -3.08. The van der Waals surface area contributed by atoms with Crippen LogP contribution in [0.4, 0.5) is 4.39 Å². The Morgan fingerprint density at radius 1 is 1.48 bits per heavy atom. The number of nitrogens with one attached hydrogen (secondary N) is 1. The van der Waals surface area contributed by atoms with Crippen molar-refractivity contribution in [2.75, 3.05) is 7.11 Å². The molecule has 1 fully saturated rings. The minimum atomic E-state index is -4.20. The van der Waals surface area contributed by atoms with Gasteiger partial charge >= 0.3 is 0 Å². The molecule has 0 spiro atoms. The maximum atomic E-state index is 13.9. The Balaban J connectivity index is 2.37. The molecule has 21 heavy (non-hydrogen) atoms. The molecular formula is C13H17FN2O4S. The minimum absolute atomic E-state index is 0.00342. The number of amides is 1. The lowest BCUT2D eigenvalue weighted by Crippen LogP contribution is -2.29. The van der Waals surface area contributed by atoms with Crippen molar-refractivity contribution in [1.82, 2.24) is 5.32 Å². The number of carbonyl (C=O) groups excluding carboxylic acids is 1. The molecule has 1 atom stereocenters. The van der Waals surface area contributed by atoms with Gasteiger partial charge in [0.2, 0.25) is 10.0 Å². The molecule has 1 aliphatic rings. The van der Waals surface area contributed by atoms with Crippen molar-refractivity contribution in [3.8, 4) is 5.75 Å². The van der Waals surface area contributed by atoms with E-state index in [1.165, 1.54) is 0 Å². The van der Waals surface area contributed by atoms with Crippen molar-refractivity contribution in [3.63, 3.8) is 0 Å². The zero-order chi connectivity index (χ0) is 16.0. The molecule has 8 heteroatoms. The number of rotatable bonds is 4. The Hall–Kier alpha value is -1.67. The molecule has 1 aliphatic carbocycles. The second-order valence-corrected chi connectivity index (χ2v) is 7.28. The molecule has 1 amide bonds. The molecule has 0 aliphatic heterocycles. The van der Waals surface area contributed by atoms with Gasteiger partial charge in [0.1, 0.15) is 4.90 Å². The summed E-state index contributed by atoms with van der Waals surface area (Å²) in [5.41, 5.74) is -0.108. The van der Waals surface area contributed by atoms with Crippen LogP contribution >= 0.6 is 0 Å². The molecule has 1 saturated carbocycles. The van der Waals surface area contributed by atoms with Gasteiger partial charge in [0.05, 0.1) is 7.11 Å². The van der Waals surface area contributed by atoms with Crippen molar-refractivity contribution in [2.45, 2.75) is 31.2 Å². The normalized spacial score (nSPS) is 20.0. The minimum Gasteiger partial charge on any atom is -0.492 e. The first-order chi connectivity index (χ1) is 9.56. The van der Waals surface area contributed by atoms with E-state index in [2.05, 4.69) is 5.32 Å². The molecule has 1 aromatic rings. The molecule has 1 aromatic carbocycles. The summed E-state index contributed by atoms with van der Waals surface area (Å²) >= 11 is 0. The van der Waals surface area contributed by atoms with Gasteiger partial charge in [0.25, 0.3) is 5.91 Å². The summed E-state index contributed by atoms with van der Waals surface area (Å²) in [5.74, 6) is -2.00. The number of benzene rings is 1. The summed E-state index contributed by atoms with van der Waals surface area (Å²) in [4.78, 5) is 11.5. The van der Waals surface area contributed by atoms with Gasteiger partial charge in [-0.05, 0) is 24.0 Å². The number of hydrogen-bond acceptors (Lipinski definition) is 4. The molecular weight excluding hydrogens is 299 g/mol. The van der Waals surface area contributed by atoms with Crippen molar-refractivity contribution < 1.29 is 22.3 Å². The quantitative estimate of drug-likeness (QED) is 0.866. The first-order valence-corrected chi connectivity index (χ1v) is 7.82. The largest absolute Gasteiger partial charge is 0.492 e. The highest BCUT2D eigenvalue weighted by Gasteiger charge is 2.46. The van der Waals surface area contributed by atoms with Gasteiger partial charge in [-0.25, -0.2) is 17.9 Å². The number of nitrogens with two attached hydrogens (primary N) is 1. The third kappa shape index (κ3) is 3.16. The van der Waals surface area contributed by atoms with Crippen LogP contribution in [0.5, 0.6) is 5.75 Å². The Labute approximate surface area is 122 Å². The molecule has 6 nitrogen and oxygen atoms in total.